The average Bonchev–Trinajstić information content (AvgIpc) is 2.66. The van der Waals surface area contributed by atoms with Gasteiger partial charge in [-0.15, -0.1) is 0 Å². The van der Waals surface area contributed by atoms with Crippen LogP contribution in [0.1, 0.15) is 11.1 Å². The Morgan fingerprint density at radius 3 is 1.33 bits per heavy atom. The molecular weight excluding hydrogens is 304 g/mol. The monoisotopic (exact) mass is 324 g/mol. The van der Waals surface area contributed by atoms with Crippen molar-refractivity contribution in [3.05, 3.63) is 97.1 Å². The van der Waals surface area contributed by atoms with Crippen LogP contribution in [0, 0.1) is 0 Å². The van der Waals surface area contributed by atoms with E-state index in [0.29, 0.717) is 13.2 Å². The second-order valence-corrected chi connectivity index (χ2v) is 4.59. The highest BCUT2D eigenvalue weighted by Gasteiger charge is 1.96. The summed E-state index contributed by atoms with van der Waals surface area (Å²) in [4.78, 5) is 21.3. The number of benzene rings is 2. The molecule has 0 atom stereocenters. The quantitative estimate of drug-likeness (QED) is 0.598. The highest BCUT2D eigenvalue weighted by atomic mass is 16.5. The topological polar surface area (TPSA) is 52.6 Å². The standard InChI is InChI=1S/2C10H10O2/c2*1-2-10(11)12-8-9-6-4-3-5-7-9/h2*2-7H,1,8H2. The molecule has 0 bridgehead atoms. The molecule has 0 radical (unpaired) electrons. The van der Waals surface area contributed by atoms with Crippen molar-refractivity contribution in [1.82, 2.24) is 0 Å². The minimum Gasteiger partial charge on any atom is -0.458 e. The van der Waals surface area contributed by atoms with Gasteiger partial charge in [0.15, 0.2) is 0 Å². The Kier molecular flexibility index (Phi) is 9.01. The van der Waals surface area contributed by atoms with Crippen LogP contribution < -0.4 is 0 Å². The number of carbonyl (C=O) groups is 2. The summed E-state index contributed by atoms with van der Waals surface area (Å²) in [5.74, 6) is -0.780. The lowest BCUT2D eigenvalue weighted by molar-refractivity contribution is -0.139. The molecule has 0 unspecified atom stereocenters. The maximum Gasteiger partial charge on any atom is 0.330 e. The molecule has 0 saturated heterocycles. The fraction of sp³-hybridized carbons (Fsp3) is 0.100. The smallest absolute Gasteiger partial charge is 0.330 e. The van der Waals surface area contributed by atoms with E-state index in [1.165, 1.54) is 0 Å². The van der Waals surface area contributed by atoms with E-state index in [1.807, 2.05) is 60.7 Å². The van der Waals surface area contributed by atoms with E-state index in [0.717, 1.165) is 23.3 Å². The average molecular weight is 324 g/mol. The molecule has 0 heterocycles. The molecule has 24 heavy (non-hydrogen) atoms. The number of rotatable bonds is 6. The molecule has 0 aliphatic heterocycles. The first-order valence-electron chi connectivity index (χ1n) is 7.32. The Bertz CT molecular complexity index is 588. The minimum atomic E-state index is -0.390. The van der Waals surface area contributed by atoms with E-state index in [1.54, 1.807) is 0 Å². The van der Waals surface area contributed by atoms with Gasteiger partial charge in [0.05, 0.1) is 0 Å². The molecule has 4 nitrogen and oxygen atoms in total. The van der Waals surface area contributed by atoms with Gasteiger partial charge in [-0.2, -0.15) is 0 Å². The number of carbonyl (C=O) groups excluding carboxylic acids is 2. The Labute approximate surface area is 142 Å². The Balaban J connectivity index is 0.000000240. The molecule has 0 fully saturated rings. The van der Waals surface area contributed by atoms with E-state index >= 15 is 0 Å². The summed E-state index contributed by atoms with van der Waals surface area (Å²) in [6.45, 7) is 7.22. The lowest BCUT2D eigenvalue weighted by Crippen LogP contribution is -1.99. The second-order valence-electron chi connectivity index (χ2n) is 4.59. The van der Waals surface area contributed by atoms with Crippen LogP contribution in [0.3, 0.4) is 0 Å². The van der Waals surface area contributed by atoms with E-state index in [9.17, 15) is 9.59 Å². The van der Waals surface area contributed by atoms with Crippen LogP contribution in [-0.4, -0.2) is 11.9 Å². The van der Waals surface area contributed by atoms with Gasteiger partial charge in [-0.05, 0) is 11.1 Å². The summed E-state index contributed by atoms with van der Waals surface area (Å²) in [5, 5.41) is 0. The molecule has 2 rings (SSSR count). The Morgan fingerprint density at radius 1 is 0.708 bits per heavy atom. The van der Waals surface area contributed by atoms with Gasteiger partial charge in [0, 0.05) is 12.2 Å². The summed E-state index contributed by atoms with van der Waals surface area (Å²) in [7, 11) is 0. The summed E-state index contributed by atoms with van der Waals surface area (Å²) >= 11 is 0. The zero-order valence-electron chi connectivity index (χ0n) is 13.4. The third kappa shape index (κ3) is 8.34. The zero-order valence-corrected chi connectivity index (χ0v) is 13.4. The fourth-order valence-corrected chi connectivity index (χ4v) is 1.58. The van der Waals surface area contributed by atoms with Crippen molar-refractivity contribution in [2.24, 2.45) is 0 Å². The van der Waals surface area contributed by atoms with E-state index in [-0.39, 0.29) is 11.9 Å². The molecule has 0 saturated carbocycles. The van der Waals surface area contributed by atoms with Crippen LogP contribution in [0.25, 0.3) is 0 Å². The molecule has 0 aliphatic carbocycles. The predicted octanol–water partition coefficient (Wildman–Crippen LogP) is 3.83. The van der Waals surface area contributed by atoms with Crippen LogP contribution >= 0.6 is 0 Å². The highest BCUT2D eigenvalue weighted by molar-refractivity contribution is 5.81. The van der Waals surface area contributed by atoms with Gasteiger partial charge < -0.3 is 9.47 Å². The summed E-state index contributed by atoms with van der Waals surface area (Å²) in [6.07, 6.45) is 2.31. The molecule has 0 amide bonds. The molecule has 0 spiro atoms. The third-order valence-corrected chi connectivity index (χ3v) is 2.78. The van der Waals surface area contributed by atoms with Crippen molar-refractivity contribution in [1.29, 1.82) is 0 Å². The predicted molar refractivity (Wildman–Crippen MR) is 92.9 cm³/mol. The molecule has 0 aromatic heterocycles. The van der Waals surface area contributed by atoms with Gasteiger partial charge >= 0.3 is 11.9 Å². The first-order valence-corrected chi connectivity index (χ1v) is 7.32. The lowest BCUT2D eigenvalue weighted by atomic mass is 10.2. The molecular formula is C20H20O4. The van der Waals surface area contributed by atoms with Gasteiger partial charge in [0.25, 0.3) is 0 Å². The zero-order chi connectivity index (χ0) is 17.6. The number of hydrogen-bond acceptors (Lipinski definition) is 4. The molecule has 0 N–H and O–H groups in total. The summed E-state index contributed by atoms with van der Waals surface area (Å²) in [5.41, 5.74) is 1.96. The Morgan fingerprint density at radius 2 is 1.04 bits per heavy atom. The summed E-state index contributed by atoms with van der Waals surface area (Å²) in [6, 6.07) is 19.0. The maximum absolute atomic E-state index is 10.6. The van der Waals surface area contributed by atoms with Crippen molar-refractivity contribution >= 4 is 11.9 Å². The summed E-state index contributed by atoms with van der Waals surface area (Å²) < 4.78 is 9.64. The maximum atomic E-state index is 10.6. The minimum absolute atomic E-state index is 0.311. The number of ether oxygens (including phenoxy) is 2. The van der Waals surface area contributed by atoms with Gasteiger partial charge in [-0.1, -0.05) is 73.8 Å². The van der Waals surface area contributed by atoms with Crippen molar-refractivity contribution in [2.45, 2.75) is 13.2 Å². The molecule has 124 valence electrons. The largest absolute Gasteiger partial charge is 0.458 e. The van der Waals surface area contributed by atoms with Gasteiger partial charge in [0.1, 0.15) is 13.2 Å². The van der Waals surface area contributed by atoms with Crippen molar-refractivity contribution < 1.29 is 19.1 Å². The highest BCUT2D eigenvalue weighted by Crippen LogP contribution is 2.01. The van der Waals surface area contributed by atoms with E-state index < -0.39 is 0 Å². The third-order valence-electron chi connectivity index (χ3n) is 2.78. The SMILES string of the molecule is C=CC(=O)OCc1ccccc1.C=CC(=O)OCc1ccccc1. The first-order chi connectivity index (χ1) is 11.7. The van der Waals surface area contributed by atoms with Crippen LogP contribution in [0.5, 0.6) is 0 Å². The van der Waals surface area contributed by atoms with Crippen LogP contribution in [-0.2, 0) is 32.3 Å². The van der Waals surface area contributed by atoms with Crippen molar-refractivity contribution in [3.8, 4) is 0 Å². The van der Waals surface area contributed by atoms with Crippen LogP contribution in [0.2, 0.25) is 0 Å². The van der Waals surface area contributed by atoms with Crippen LogP contribution in [0.15, 0.2) is 86.0 Å². The van der Waals surface area contributed by atoms with Crippen molar-refractivity contribution in [3.63, 3.8) is 0 Å². The molecule has 0 aliphatic rings. The normalized spacial score (nSPS) is 9.00. The van der Waals surface area contributed by atoms with Crippen LogP contribution in [0.4, 0.5) is 0 Å². The molecule has 4 heteroatoms. The molecule has 2 aromatic carbocycles. The molecule has 2 aromatic rings. The van der Waals surface area contributed by atoms with Gasteiger partial charge in [-0.3, -0.25) is 0 Å². The fourth-order valence-electron chi connectivity index (χ4n) is 1.58. The van der Waals surface area contributed by atoms with Gasteiger partial charge in [0.2, 0.25) is 0 Å². The van der Waals surface area contributed by atoms with E-state index in [2.05, 4.69) is 13.2 Å². The lowest BCUT2D eigenvalue weighted by Gasteiger charge is -2.00. The van der Waals surface area contributed by atoms with E-state index in [4.69, 9.17) is 9.47 Å². The number of hydrogen-bond donors (Lipinski definition) is 0. The first kappa shape index (κ1) is 18.9. The van der Waals surface area contributed by atoms with Crippen molar-refractivity contribution in [2.75, 3.05) is 0 Å². The Hall–Kier alpha value is -3.14. The number of esters is 2. The second kappa shape index (κ2) is 11.4. The van der Waals surface area contributed by atoms with Gasteiger partial charge in [-0.25, -0.2) is 9.59 Å².